The standard InChI is InChI=1S/C8H17NO3/c1-3-4-5-12-6(2)7(9)8(10)11/h6-7H,3-5,9H2,1-2H3,(H,10,11)/t6-,7?/m1/s1. The Kier molecular flexibility index (Phi) is 5.66. The van der Waals surface area contributed by atoms with Crippen LogP contribution in [0.5, 0.6) is 0 Å². The van der Waals surface area contributed by atoms with Gasteiger partial charge in [0.15, 0.2) is 0 Å². The first kappa shape index (κ1) is 11.4. The summed E-state index contributed by atoms with van der Waals surface area (Å²) in [5.74, 6) is -1.01. The molecule has 0 aliphatic carbocycles. The highest BCUT2D eigenvalue weighted by Crippen LogP contribution is 1.98. The summed E-state index contributed by atoms with van der Waals surface area (Å²) in [6, 6.07) is -0.915. The van der Waals surface area contributed by atoms with E-state index in [0.29, 0.717) is 6.61 Å². The predicted octanol–water partition coefficient (Wildman–Crippen LogP) is 0.603. The van der Waals surface area contributed by atoms with Crippen LogP contribution in [0.1, 0.15) is 26.7 Å². The maximum Gasteiger partial charge on any atom is 0.323 e. The van der Waals surface area contributed by atoms with Gasteiger partial charge in [0.2, 0.25) is 0 Å². The van der Waals surface area contributed by atoms with Crippen LogP contribution in [0.4, 0.5) is 0 Å². The van der Waals surface area contributed by atoms with E-state index in [1.807, 2.05) is 6.92 Å². The maximum atomic E-state index is 10.4. The molecule has 0 spiro atoms. The maximum absolute atomic E-state index is 10.4. The van der Waals surface area contributed by atoms with E-state index in [1.165, 1.54) is 0 Å². The number of carbonyl (C=O) groups is 1. The van der Waals surface area contributed by atoms with E-state index in [2.05, 4.69) is 0 Å². The summed E-state index contributed by atoms with van der Waals surface area (Å²) in [5.41, 5.74) is 5.32. The van der Waals surface area contributed by atoms with Gasteiger partial charge in [-0.2, -0.15) is 0 Å². The molecule has 0 bridgehead atoms. The summed E-state index contributed by atoms with van der Waals surface area (Å²) in [7, 11) is 0. The molecular weight excluding hydrogens is 158 g/mol. The van der Waals surface area contributed by atoms with Crippen molar-refractivity contribution >= 4 is 5.97 Å². The summed E-state index contributed by atoms with van der Waals surface area (Å²) in [6.07, 6.45) is 1.57. The van der Waals surface area contributed by atoms with Crippen LogP contribution in [0.3, 0.4) is 0 Å². The van der Waals surface area contributed by atoms with Crippen LogP contribution in [0, 0.1) is 0 Å². The Balaban J connectivity index is 3.56. The van der Waals surface area contributed by atoms with E-state index < -0.39 is 18.1 Å². The van der Waals surface area contributed by atoms with Crippen LogP contribution in [0.2, 0.25) is 0 Å². The van der Waals surface area contributed by atoms with Crippen molar-refractivity contribution < 1.29 is 14.6 Å². The van der Waals surface area contributed by atoms with Gasteiger partial charge < -0.3 is 15.6 Å². The Hall–Kier alpha value is -0.610. The van der Waals surface area contributed by atoms with Crippen molar-refractivity contribution in [2.24, 2.45) is 5.73 Å². The number of hydrogen-bond donors (Lipinski definition) is 2. The zero-order valence-electron chi connectivity index (χ0n) is 7.62. The van der Waals surface area contributed by atoms with Crippen molar-refractivity contribution in [1.29, 1.82) is 0 Å². The number of nitrogens with two attached hydrogens (primary N) is 1. The highest BCUT2D eigenvalue weighted by molar-refractivity contribution is 5.73. The van der Waals surface area contributed by atoms with Crippen LogP contribution < -0.4 is 5.73 Å². The van der Waals surface area contributed by atoms with E-state index in [0.717, 1.165) is 12.8 Å². The lowest BCUT2D eigenvalue weighted by Crippen LogP contribution is -2.41. The molecule has 12 heavy (non-hydrogen) atoms. The summed E-state index contributed by atoms with van der Waals surface area (Å²) >= 11 is 0. The molecule has 0 aliphatic rings. The molecule has 4 heteroatoms. The summed E-state index contributed by atoms with van der Waals surface area (Å²) in [6.45, 7) is 4.30. The highest BCUT2D eigenvalue weighted by atomic mass is 16.5. The molecule has 0 aromatic carbocycles. The summed E-state index contributed by atoms with van der Waals surface area (Å²) in [4.78, 5) is 10.4. The quantitative estimate of drug-likeness (QED) is 0.580. The van der Waals surface area contributed by atoms with Crippen molar-refractivity contribution in [1.82, 2.24) is 0 Å². The molecule has 1 unspecified atom stereocenters. The third kappa shape index (κ3) is 4.31. The van der Waals surface area contributed by atoms with Gasteiger partial charge in [-0.05, 0) is 13.3 Å². The van der Waals surface area contributed by atoms with Crippen molar-refractivity contribution in [2.75, 3.05) is 6.61 Å². The van der Waals surface area contributed by atoms with Crippen molar-refractivity contribution in [2.45, 2.75) is 38.8 Å². The smallest absolute Gasteiger partial charge is 0.323 e. The molecule has 4 nitrogen and oxygen atoms in total. The fraction of sp³-hybridized carbons (Fsp3) is 0.875. The molecule has 0 fully saturated rings. The molecule has 0 rings (SSSR count). The third-order valence-electron chi connectivity index (χ3n) is 1.67. The van der Waals surface area contributed by atoms with Crippen molar-refractivity contribution in [3.8, 4) is 0 Å². The Morgan fingerprint density at radius 2 is 2.25 bits per heavy atom. The van der Waals surface area contributed by atoms with E-state index in [-0.39, 0.29) is 0 Å². The van der Waals surface area contributed by atoms with Gasteiger partial charge >= 0.3 is 5.97 Å². The second kappa shape index (κ2) is 5.97. The van der Waals surface area contributed by atoms with Crippen molar-refractivity contribution in [3.63, 3.8) is 0 Å². The Labute approximate surface area is 72.7 Å². The first-order valence-electron chi connectivity index (χ1n) is 4.19. The fourth-order valence-electron chi connectivity index (χ4n) is 0.718. The minimum atomic E-state index is -1.01. The molecule has 0 heterocycles. The fourth-order valence-corrected chi connectivity index (χ4v) is 0.718. The molecular formula is C8H17NO3. The van der Waals surface area contributed by atoms with Gasteiger partial charge in [0.05, 0.1) is 6.10 Å². The zero-order valence-corrected chi connectivity index (χ0v) is 7.62. The molecule has 0 saturated heterocycles. The SMILES string of the molecule is CCCCO[C@H](C)C(N)C(=O)O. The van der Waals surface area contributed by atoms with Gasteiger partial charge in [0.1, 0.15) is 6.04 Å². The van der Waals surface area contributed by atoms with Gasteiger partial charge in [0.25, 0.3) is 0 Å². The first-order chi connectivity index (χ1) is 5.59. The third-order valence-corrected chi connectivity index (χ3v) is 1.67. The lowest BCUT2D eigenvalue weighted by Gasteiger charge is -2.16. The lowest BCUT2D eigenvalue weighted by molar-refractivity contribution is -0.142. The average Bonchev–Trinajstić information content (AvgIpc) is 2.03. The minimum absolute atomic E-state index is 0.408. The van der Waals surface area contributed by atoms with E-state index >= 15 is 0 Å². The summed E-state index contributed by atoms with van der Waals surface area (Å²) in [5, 5.41) is 8.50. The van der Waals surface area contributed by atoms with E-state index in [1.54, 1.807) is 6.92 Å². The molecule has 2 atom stereocenters. The highest BCUT2D eigenvalue weighted by Gasteiger charge is 2.19. The molecule has 0 aliphatic heterocycles. The van der Waals surface area contributed by atoms with Crippen molar-refractivity contribution in [3.05, 3.63) is 0 Å². The number of hydrogen-bond acceptors (Lipinski definition) is 3. The molecule has 0 amide bonds. The zero-order chi connectivity index (χ0) is 9.56. The van der Waals surface area contributed by atoms with Gasteiger partial charge in [-0.15, -0.1) is 0 Å². The number of carboxylic acid groups (broad SMARTS) is 1. The van der Waals surface area contributed by atoms with Gasteiger partial charge in [-0.25, -0.2) is 0 Å². The predicted molar refractivity (Wildman–Crippen MR) is 45.9 cm³/mol. The molecule has 0 saturated carbocycles. The summed E-state index contributed by atoms with van der Waals surface area (Å²) < 4.78 is 5.20. The number of aliphatic carboxylic acids is 1. The molecule has 0 aromatic heterocycles. The number of carboxylic acids is 1. The van der Waals surface area contributed by atoms with Crippen LogP contribution in [0.25, 0.3) is 0 Å². The van der Waals surface area contributed by atoms with Crippen LogP contribution in [-0.4, -0.2) is 29.8 Å². The molecule has 3 N–H and O–H groups in total. The van der Waals surface area contributed by atoms with Crippen LogP contribution in [-0.2, 0) is 9.53 Å². The number of unbranched alkanes of at least 4 members (excludes halogenated alkanes) is 1. The van der Waals surface area contributed by atoms with Crippen LogP contribution >= 0.6 is 0 Å². The average molecular weight is 175 g/mol. The number of ether oxygens (including phenoxy) is 1. The van der Waals surface area contributed by atoms with Gasteiger partial charge in [-0.1, -0.05) is 13.3 Å². The largest absolute Gasteiger partial charge is 0.480 e. The number of rotatable bonds is 6. The second-order valence-electron chi connectivity index (χ2n) is 2.79. The van der Waals surface area contributed by atoms with Gasteiger partial charge in [0, 0.05) is 6.61 Å². The molecule has 0 aromatic rings. The van der Waals surface area contributed by atoms with E-state index in [9.17, 15) is 4.79 Å². The molecule has 72 valence electrons. The normalized spacial score (nSPS) is 15.6. The minimum Gasteiger partial charge on any atom is -0.480 e. The topological polar surface area (TPSA) is 72.5 Å². The Morgan fingerprint density at radius 3 is 2.67 bits per heavy atom. The Morgan fingerprint density at radius 1 is 1.67 bits per heavy atom. The first-order valence-corrected chi connectivity index (χ1v) is 4.19. The Bertz CT molecular complexity index is 138. The monoisotopic (exact) mass is 175 g/mol. The van der Waals surface area contributed by atoms with E-state index in [4.69, 9.17) is 15.6 Å². The second-order valence-corrected chi connectivity index (χ2v) is 2.79. The molecule has 0 radical (unpaired) electrons. The lowest BCUT2D eigenvalue weighted by atomic mass is 10.2. The van der Waals surface area contributed by atoms with Crippen LogP contribution in [0.15, 0.2) is 0 Å². The van der Waals surface area contributed by atoms with Gasteiger partial charge in [-0.3, -0.25) is 4.79 Å².